The van der Waals surface area contributed by atoms with Crippen molar-refractivity contribution >= 4 is 29.4 Å². The van der Waals surface area contributed by atoms with Gasteiger partial charge in [0.15, 0.2) is 0 Å². The minimum atomic E-state index is -0.994. The number of benzene rings is 1. The maximum Gasteiger partial charge on any atom is 0.338 e. The van der Waals surface area contributed by atoms with Crippen molar-refractivity contribution in [3.63, 3.8) is 0 Å². The van der Waals surface area contributed by atoms with E-state index in [-0.39, 0.29) is 30.9 Å². The maximum atomic E-state index is 12.8. The van der Waals surface area contributed by atoms with Gasteiger partial charge < -0.3 is 15.2 Å². The van der Waals surface area contributed by atoms with Crippen molar-refractivity contribution in [1.82, 2.24) is 0 Å². The molecule has 0 radical (unpaired) electrons. The summed E-state index contributed by atoms with van der Waals surface area (Å²) in [5.41, 5.74) is 6.52. The Labute approximate surface area is 156 Å². The first-order chi connectivity index (χ1) is 12.8. The number of esters is 2. The third-order valence-corrected chi connectivity index (χ3v) is 4.05. The zero-order valence-corrected chi connectivity index (χ0v) is 15.5. The van der Waals surface area contributed by atoms with Crippen molar-refractivity contribution in [2.45, 2.75) is 27.2 Å². The minimum absolute atomic E-state index is 0.000781. The van der Waals surface area contributed by atoms with E-state index in [9.17, 15) is 19.2 Å². The Kier molecular flexibility index (Phi) is 6.33. The van der Waals surface area contributed by atoms with Crippen LogP contribution < -0.4 is 10.6 Å². The van der Waals surface area contributed by atoms with Crippen LogP contribution in [0.1, 0.15) is 37.6 Å². The van der Waals surface area contributed by atoms with Crippen LogP contribution in [-0.4, -0.2) is 37.0 Å². The number of carbonyl (C=O) groups excluding carboxylic acids is 4. The van der Waals surface area contributed by atoms with Crippen LogP contribution in [0, 0.1) is 5.92 Å². The smallest absolute Gasteiger partial charge is 0.338 e. The number of hydrogen-bond donors (Lipinski definition) is 1. The summed E-state index contributed by atoms with van der Waals surface area (Å²) < 4.78 is 9.86. The van der Waals surface area contributed by atoms with E-state index in [4.69, 9.17) is 15.2 Å². The van der Waals surface area contributed by atoms with E-state index in [1.54, 1.807) is 13.8 Å². The van der Waals surface area contributed by atoms with Crippen LogP contribution in [0.4, 0.5) is 5.69 Å². The van der Waals surface area contributed by atoms with Crippen LogP contribution in [0.15, 0.2) is 35.5 Å². The van der Waals surface area contributed by atoms with Crippen molar-refractivity contribution in [2.75, 3.05) is 18.1 Å². The lowest BCUT2D eigenvalue weighted by atomic mass is 9.95. The number of carbonyl (C=O) groups is 4. The lowest BCUT2D eigenvalue weighted by molar-refractivity contribution is -0.140. The third kappa shape index (κ3) is 4.16. The highest BCUT2D eigenvalue weighted by atomic mass is 16.5. The maximum absolute atomic E-state index is 12.8. The molecule has 2 rings (SSSR count). The molecule has 1 aromatic carbocycles. The Hall–Kier alpha value is -3.16. The Morgan fingerprint density at radius 2 is 1.70 bits per heavy atom. The van der Waals surface area contributed by atoms with Crippen LogP contribution in [-0.2, 0) is 23.9 Å². The van der Waals surface area contributed by atoms with Crippen molar-refractivity contribution in [2.24, 2.45) is 11.7 Å². The van der Waals surface area contributed by atoms with Gasteiger partial charge in [0.2, 0.25) is 11.8 Å². The number of hydrogen-bond acceptors (Lipinski definition) is 7. The summed E-state index contributed by atoms with van der Waals surface area (Å²) in [6.07, 6.45) is -0.179. The van der Waals surface area contributed by atoms with Crippen LogP contribution in [0.3, 0.4) is 0 Å². The highest BCUT2D eigenvalue weighted by Crippen LogP contribution is 2.32. The lowest BCUT2D eigenvalue weighted by Gasteiger charge is -2.17. The Morgan fingerprint density at radius 1 is 1.11 bits per heavy atom. The molecule has 2 N–H and O–H groups in total. The molecule has 1 unspecified atom stereocenters. The number of nitrogens with zero attached hydrogens (tertiary/aromatic N) is 1. The summed E-state index contributed by atoms with van der Waals surface area (Å²) >= 11 is 0. The Bertz CT molecular complexity index is 793. The van der Waals surface area contributed by atoms with Gasteiger partial charge >= 0.3 is 11.9 Å². The van der Waals surface area contributed by atoms with E-state index >= 15 is 0 Å². The lowest BCUT2D eigenvalue weighted by Crippen LogP contribution is -2.32. The van der Waals surface area contributed by atoms with Crippen LogP contribution in [0.5, 0.6) is 0 Å². The molecule has 1 aliphatic heterocycles. The number of nitrogens with two attached hydrogens (primary N) is 1. The van der Waals surface area contributed by atoms with E-state index in [1.807, 2.05) is 0 Å². The molecule has 8 heteroatoms. The normalized spacial score (nSPS) is 17.6. The van der Waals surface area contributed by atoms with Crippen molar-refractivity contribution < 1.29 is 28.7 Å². The number of ether oxygens (including phenoxy) is 2. The second-order valence-corrected chi connectivity index (χ2v) is 5.91. The molecule has 8 nitrogen and oxygen atoms in total. The number of imide groups is 1. The van der Waals surface area contributed by atoms with E-state index in [2.05, 4.69) is 0 Å². The van der Waals surface area contributed by atoms with Gasteiger partial charge in [0.25, 0.3) is 0 Å². The topological polar surface area (TPSA) is 116 Å². The second kappa shape index (κ2) is 8.48. The van der Waals surface area contributed by atoms with E-state index in [1.165, 1.54) is 31.2 Å². The van der Waals surface area contributed by atoms with E-state index in [0.717, 1.165) is 4.90 Å². The Morgan fingerprint density at radius 3 is 2.22 bits per heavy atom. The fraction of sp³-hybridized carbons (Fsp3) is 0.368. The van der Waals surface area contributed by atoms with Gasteiger partial charge in [0.1, 0.15) is 0 Å². The average Bonchev–Trinajstić information content (AvgIpc) is 2.89. The van der Waals surface area contributed by atoms with Gasteiger partial charge in [-0.2, -0.15) is 0 Å². The summed E-state index contributed by atoms with van der Waals surface area (Å²) in [4.78, 5) is 50.1. The van der Waals surface area contributed by atoms with Gasteiger partial charge in [-0.1, -0.05) is 0 Å². The predicted octanol–water partition coefficient (Wildman–Crippen LogP) is 1.54. The van der Waals surface area contributed by atoms with E-state index in [0.29, 0.717) is 11.3 Å². The molecule has 1 aliphatic rings. The third-order valence-electron chi connectivity index (χ3n) is 4.05. The number of amides is 2. The van der Waals surface area contributed by atoms with Gasteiger partial charge in [-0.3, -0.25) is 14.5 Å². The van der Waals surface area contributed by atoms with Crippen LogP contribution in [0.25, 0.3) is 0 Å². The number of rotatable bonds is 6. The van der Waals surface area contributed by atoms with Gasteiger partial charge in [0.05, 0.1) is 36.0 Å². The molecule has 0 saturated carbocycles. The highest BCUT2D eigenvalue weighted by Gasteiger charge is 2.44. The first-order valence-corrected chi connectivity index (χ1v) is 8.59. The molecule has 1 aromatic rings. The highest BCUT2D eigenvalue weighted by molar-refractivity contribution is 6.23. The van der Waals surface area contributed by atoms with Crippen molar-refractivity contribution in [1.29, 1.82) is 0 Å². The van der Waals surface area contributed by atoms with Crippen LogP contribution in [0.2, 0.25) is 0 Å². The first-order valence-electron chi connectivity index (χ1n) is 8.59. The summed E-state index contributed by atoms with van der Waals surface area (Å²) in [6.45, 7) is 5.19. The molecule has 2 amide bonds. The first kappa shape index (κ1) is 20.2. The molecule has 0 spiro atoms. The minimum Gasteiger partial charge on any atom is -0.463 e. The summed E-state index contributed by atoms with van der Waals surface area (Å²) in [7, 11) is 0. The largest absolute Gasteiger partial charge is 0.463 e. The molecule has 0 bridgehead atoms. The summed E-state index contributed by atoms with van der Waals surface area (Å²) in [5, 5.41) is 0. The Balaban J connectivity index is 2.29. The van der Waals surface area contributed by atoms with Crippen molar-refractivity contribution in [3.05, 3.63) is 41.1 Å². The molecule has 1 saturated heterocycles. The molecule has 1 heterocycles. The fourth-order valence-corrected chi connectivity index (χ4v) is 2.88. The second-order valence-electron chi connectivity index (χ2n) is 5.91. The van der Waals surface area contributed by atoms with Gasteiger partial charge in [0, 0.05) is 12.1 Å². The molecular formula is C19H22N2O6. The van der Waals surface area contributed by atoms with Crippen molar-refractivity contribution in [3.8, 4) is 0 Å². The quantitative estimate of drug-likeness (QED) is 0.456. The molecule has 144 valence electrons. The molecule has 1 fully saturated rings. The summed E-state index contributed by atoms with van der Waals surface area (Å²) in [6, 6.07) is 5.90. The fourth-order valence-electron chi connectivity index (χ4n) is 2.88. The number of anilines is 1. The van der Waals surface area contributed by atoms with Crippen LogP contribution >= 0.6 is 0 Å². The van der Waals surface area contributed by atoms with E-state index < -0.39 is 29.7 Å². The average molecular weight is 374 g/mol. The molecule has 0 aliphatic carbocycles. The molecule has 0 aromatic heterocycles. The standard InChI is InChI=1S/C19H22N2O6/c1-4-26-18(24)12-6-8-13(9-7-12)21-15(22)10-14(17(21)23)16(11(3)20)19(25)27-5-2/h6-9,14H,4-5,10,20H2,1-3H3/b16-11-. The SMILES string of the molecule is CCOC(=O)/C(=C(/C)N)C1CC(=O)N(c2ccc(C(=O)OCC)cc2)C1=O. The molecule has 1 atom stereocenters. The zero-order valence-electron chi connectivity index (χ0n) is 15.5. The summed E-state index contributed by atoms with van der Waals surface area (Å²) in [5.74, 6) is -3.21. The van der Waals surface area contributed by atoms with Gasteiger partial charge in [-0.05, 0) is 45.0 Å². The van der Waals surface area contributed by atoms with Gasteiger partial charge in [-0.15, -0.1) is 0 Å². The predicted molar refractivity (Wildman–Crippen MR) is 96.5 cm³/mol. The monoisotopic (exact) mass is 374 g/mol. The number of allylic oxidation sites excluding steroid dienone is 1. The molecular weight excluding hydrogens is 352 g/mol. The zero-order chi connectivity index (χ0) is 20.1. The molecule has 27 heavy (non-hydrogen) atoms. The van der Waals surface area contributed by atoms with Gasteiger partial charge in [-0.25, -0.2) is 9.59 Å².